The summed E-state index contributed by atoms with van der Waals surface area (Å²) in [6, 6.07) is 3.79. The number of benzene rings is 1. The predicted octanol–water partition coefficient (Wildman–Crippen LogP) is 2.46. The Labute approximate surface area is 120 Å². The second-order valence-electron chi connectivity index (χ2n) is 3.66. The monoisotopic (exact) mass is 351 g/mol. The zero-order valence-corrected chi connectivity index (χ0v) is 12.6. The van der Waals surface area contributed by atoms with Crippen molar-refractivity contribution in [1.29, 1.82) is 0 Å². The molecule has 0 heterocycles. The van der Waals surface area contributed by atoms with Crippen molar-refractivity contribution in [1.82, 2.24) is 4.72 Å². The Bertz CT molecular complexity index is 534. The van der Waals surface area contributed by atoms with Crippen LogP contribution in [0.25, 0.3) is 0 Å². The van der Waals surface area contributed by atoms with Crippen LogP contribution in [0.4, 0.5) is 4.39 Å². The van der Waals surface area contributed by atoms with Gasteiger partial charge in [-0.15, -0.1) is 6.58 Å². The molecule has 0 aliphatic carbocycles. The van der Waals surface area contributed by atoms with Crippen molar-refractivity contribution in [3.8, 4) is 0 Å². The van der Waals surface area contributed by atoms with Gasteiger partial charge < -0.3 is 4.74 Å². The van der Waals surface area contributed by atoms with Crippen molar-refractivity contribution < 1.29 is 17.5 Å². The minimum Gasteiger partial charge on any atom is -0.380 e. The first-order valence-electron chi connectivity index (χ1n) is 5.60. The molecule has 0 aromatic heterocycles. The summed E-state index contributed by atoms with van der Waals surface area (Å²) in [7, 11) is -3.85. The van der Waals surface area contributed by atoms with E-state index in [0.29, 0.717) is 17.5 Å². The maximum Gasteiger partial charge on any atom is 0.243 e. The smallest absolute Gasteiger partial charge is 0.243 e. The van der Waals surface area contributed by atoms with Gasteiger partial charge in [-0.2, -0.15) is 0 Å². The summed E-state index contributed by atoms with van der Waals surface area (Å²) in [6.45, 7) is 4.34. The summed E-state index contributed by atoms with van der Waals surface area (Å²) in [5.41, 5.74) is 0. The summed E-state index contributed by atoms with van der Waals surface area (Å²) in [4.78, 5) is -0.373. The van der Waals surface area contributed by atoms with E-state index in [1.165, 1.54) is 12.1 Å². The van der Waals surface area contributed by atoms with E-state index < -0.39 is 15.8 Å². The van der Waals surface area contributed by atoms with Crippen molar-refractivity contribution >= 4 is 26.0 Å². The third-order valence-corrected chi connectivity index (χ3v) is 4.18. The Balaban J connectivity index is 2.54. The van der Waals surface area contributed by atoms with Crippen LogP contribution in [0.3, 0.4) is 0 Å². The molecule has 0 atom stereocenters. The molecule has 0 spiro atoms. The van der Waals surface area contributed by atoms with Gasteiger partial charge in [0.1, 0.15) is 10.7 Å². The molecule has 1 rings (SSSR count). The van der Waals surface area contributed by atoms with Gasteiger partial charge in [-0.05, 0) is 24.6 Å². The second kappa shape index (κ2) is 7.74. The molecule has 1 N–H and O–H groups in total. The van der Waals surface area contributed by atoms with Gasteiger partial charge in [0.15, 0.2) is 0 Å². The third kappa shape index (κ3) is 5.40. The van der Waals surface area contributed by atoms with E-state index in [4.69, 9.17) is 4.74 Å². The van der Waals surface area contributed by atoms with E-state index in [-0.39, 0.29) is 18.0 Å². The Hall–Kier alpha value is -0.760. The van der Waals surface area contributed by atoms with Gasteiger partial charge in [0.25, 0.3) is 0 Å². The van der Waals surface area contributed by atoms with Gasteiger partial charge in [-0.25, -0.2) is 17.5 Å². The highest BCUT2D eigenvalue weighted by Crippen LogP contribution is 2.18. The number of nitrogens with one attached hydrogen (secondary N) is 1. The Morgan fingerprint density at radius 3 is 2.79 bits per heavy atom. The number of hydrogen-bond acceptors (Lipinski definition) is 3. The van der Waals surface area contributed by atoms with Crippen molar-refractivity contribution in [3.63, 3.8) is 0 Å². The molecule has 0 fully saturated rings. The van der Waals surface area contributed by atoms with Gasteiger partial charge in [-0.1, -0.05) is 22.0 Å². The molecular formula is C12H15BrFNO3S. The quantitative estimate of drug-likeness (QED) is 0.578. The largest absolute Gasteiger partial charge is 0.380 e. The van der Waals surface area contributed by atoms with Gasteiger partial charge in [0.2, 0.25) is 10.0 Å². The topological polar surface area (TPSA) is 55.4 Å². The minimum atomic E-state index is -3.85. The molecule has 0 unspecified atom stereocenters. The summed E-state index contributed by atoms with van der Waals surface area (Å²) in [6.07, 6.45) is 2.41. The fraction of sp³-hybridized carbons (Fsp3) is 0.333. The fourth-order valence-electron chi connectivity index (χ4n) is 1.29. The lowest BCUT2D eigenvalue weighted by atomic mass is 10.3. The first-order chi connectivity index (χ1) is 8.97. The molecular weight excluding hydrogens is 337 g/mol. The molecule has 4 nitrogen and oxygen atoms in total. The molecule has 7 heteroatoms. The summed E-state index contributed by atoms with van der Waals surface area (Å²) in [5, 5.41) is 0. The summed E-state index contributed by atoms with van der Waals surface area (Å²) < 4.78 is 45.1. The lowest BCUT2D eigenvalue weighted by Crippen LogP contribution is -2.28. The summed E-state index contributed by atoms with van der Waals surface area (Å²) in [5.74, 6) is -0.797. The average molecular weight is 352 g/mol. The van der Waals surface area contributed by atoms with Crippen LogP contribution < -0.4 is 4.72 Å². The van der Waals surface area contributed by atoms with Crippen molar-refractivity contribution in [3.05, 3.63) is 41.1 Å². The van der Waals surface area contributed by atoms with Crippen LogP contribution >= 0.6 is 15.9 Å². The van der Waals surface area contributed by atoms with Crippen LogP contribution in [0.5, 0.6) is 0 Å². The van der Waals surface area contributed by atoms with Gasteiger partial charge in [-0.3, -0.25) is 0 Å². The molecule has 0 aliphatic rings. The molecule has 1 aromatic rings. The molecule has 1 aromatic carbocycles. The average Bonchev–Trinajstić information content (AvgIpc) is 2.33. The second-order valence-corrected chi connectivity index (χ2v) is 6.31. The third-order valence-electron chi connectivity index (χ3n) is 2.19. The lowest BCUT2D eigenvalue weighted by Gasteiger charge is -2.08. The van der Waals surface area contributed by atoms with E-state index in [1.807, 2.05) is 0 Å². The van der Waals surface area contributed by atoms with Gasteiger partial charge in [0, 0.05) is 11.0 Å². The molecule has 0 saturated heterocycles. The normalized spacial score (nSPS) is 11.5. The molecule has 19 heavy (non-hydrogen) atoms. The Morgan fingerprint density at radius 2 is 2.16 bits per heavy atom. The molecule has 0 amide bonds. The first kappa shape index (κ1) is 16.3. The number of hydrogen-bond donors (Lipinski definition) is 1. The zero-order chi connectivity index (χ0) is 14.3. The lowest BCUT2D eigenvalue weighted by molar-refractivity contribution is 0.144. The van der Waals surface area contributed by atoms with Crippen LogP contribution in [0.15, 0.2) is 40.2 Å². The highest BCUT2D eigenvalue weighted by Gasteiger charge is 2.18. The van der Waals surface area contributed by atoms with E-state index in [9.17, 15) is 12.8 Å². The van der Waals surface area contributed by atoms with E-state index >= 15 is 0 Å². The Kier molecular flexibility index (Phi) is 6.64. The maximum absolute atomic E-state index is 13.5. The standard InChI is InChI=1S/C12H15BrFNO3S/c1-2-3-7-18-8-6-15-19(16,17)12-5-4-10(13)9-11(12)14/h2,4-5,9,15H,1,3,6-8H2. The number of halogens is 2. The van der Waals surface area contributed by atoms with Crippen LogP contribution in [-0.4, -0.2) is 28.2 Å². The predicted molar refractivity (Wildman–Crippen MR) is 74.9 cm³/mol. The van der Waals surface area contributed by atoms with Crippen LogP contribution in [0, 0.1) is 5.82 Å². The van der Waals surface area contributed by atoms with E-state index in [0.717, 1.165) is 6.07 Å². The molecule has 0 saturated carbocycles. The van der Waals surface area contributed by atoms with Gasteiger partial charge in [0.05, 0.1) is 13.2 Å². The number of rotatable bonds is 8. The van der Waals surface area contributed by atoms with Crippen molar-refractivity contribution in [2.24, 2.45) is 0 Å². The van der Waals surface area contributed by atoms with E-state index in [1.54, 1.807) is 6.08 Å². The maximum atomic E-state index is 13.5. The van der Waals surface area contributed by atoms with Crippen LogP contribution in [0.2, 0.25) is 0 Å². The minimum absolute atomic E-state index is 0.0922. The van der Waals surface area contributed by atoms with Crippen molar-refractivity contribution in [2.45, 2.75) is 11.3 Å². The van der Waals surface area contributed by atoms with Gasteiger partial charge >= 0.3 is 0 Å². The SMILES string of the molecule is C=CCCOCCNS(=O)(=O)c1ccc(Br)cc1F. The van der Waals surface area contributed by atoms with Crippen LogP contribution in [-0.2, 0) is 14.8 Å². The fourth-order valence-corrected chi connectivity index (χ4v) is 2.69. The van der Waals surface area contributed by atoms with E-state index in [2.05, 4.69) is 27.2 Å². The summed E-state index contributed by atoms with van der Waals surface area (Å²) >= 11 is 3.07. The number of ether oxygens (including phenoxy) is 1. The highest BCUT2D eigenvalue weighted by molar-refractivity contribution is 9.10. The number of sulfonamides is 1. The molecule has 0 bridgehead atoms. The Morgan fingerprint density at radius 1 is 1.42 bits per heavy atom. The highest BCUT2D eigenvalue weighted by atomic mass is 79.9. The first-order valence-corrected chi connectivity index (χ1v) is 7.88. The molecule has 106 valence electrons. The molecule has 0 aliphatic heterocycles. The van der Waals surface area contributed by atoms with Crippen molar-refractivity contribution in [2.75, 3.05) is 19.8 Å². The van der Waals surface area contributed by atoms with Crippen LogP contribution in [0.1, 0.15) is 6.42 Å². The molecule has 0 radical (unpaired) electrons. The zero-order valence-electron chi connectivity index (χ0n) is 10.2.